The Morgan fingerprint density at radius 1 is 0.913 bits per heavy atom. The summed E-state index contributed by atoms with van der Waals surface area (Å²) >= 11 is 0. The average Bonchev–Trinajstić information content (AvgIpc) is 3.43. The Morgan fingerprint density at radius 3 is 2.30 bits per heavy atom. The van der Waals surface area contributed by atoms with Crippen LogP contribution in [0.1, 0.15) is 11.1 Å². The molecule has 2 fully saturated rings. The number of benzene rings is 2. The highest BCUT2D eigenvalue weighted by atomic mass is 16.6. The quantitative estimate of drug-likeness (QED) is 0.802. The molecule has 0 radical (unpaired) electrons. The van der Waals surface area contributed by atoms with Crippen LogP contribution in [0.15, 0.2) is 36.4 Å². The van der Waals surface area contributed by atoms with E-state index in [1.165, 1.54) is 0 Å². The lowest BCUT2D eigenvalue weighted by Gasteiger charge is -2.16. The zero-order valence-corrected chi connectivity index (χ0v) is 12.6. The van der Waals surface area contributed by atoms with E-state index < -0.39 is 0 Å². The molecule has 120 valence electrons. The molecule has 2 atom stereocenters. The SMILES string of the molecule is Oc1ccccc1Oc1c(O)ccc(CC2CO2)c1CC1CO1. The van der Waals surface area contributed by atoms with Gasteiger partial charge in [0.2, 0.25) is 0 Å². The maximum absolute atomic E-state index is 10.3. The minimum absolute atomic E-state index is 0.0384. The second-order valence-corrected chi connectivity index (χ2v) is 5.94. The summed E-state index contributed by atoms with van der Waals surface area (Å²) in [5.74, 6) is 0.807. The van der Waals surface area contributed by atoms with Gasteiger partial charge in [0.15, 0.2) is 23.0 Å². The molecule has 23 heavy (non-hydrogen) atoms. The third-order valence-corrected chi connectivity index (χ3v) is 4.10. The van der Waals surface area contributed by atoms with E-state index in [-0.39, 0.29) is 23.7 Å². The van der Waals surface area contributed by atoms with Crippen molar-refractivity contribution in [3.8, 4) is 23.0 Å². The summed E-state index contributed by atoms with van der Waals surface area (Å²) in [4.78, 5) is 0. The van der Waals surface area contributed by atoms with Crippen LogP contribution in [0.5, 0.6) is 23.0 Å². The van der Waals surface area contributed by atoms with E-state index >= 15 is 0 Å². The van der Waals surface area contributed by atoms with Crippen LogP contribution in [-0.4, -0.2) is 35.6 Å². The van der Waals surface area contributed by atoms with Crippen LogP contribution in [0.4, 0.5) is 0 Å². The molecular weight excluding hydrogens is 296 g/mol. The first kappa shape index (κ1) is 14.4. The van der Waals surface area contributed by atoms with Gasteiger partial charge in [0.05, 0.1) is 25.4 Å². The summed E-state index contributed by atoms with van der Waals surface area (Å²) < 4.78 is 16.5. The van der Waals surface area contributed by atoms with Gasteiger partial charge in [0.25, 0.3) is 0 Å². The summed E-state index contributed by atoms with van der Waals surface area (Å²) in [6.45, 7) is 1.50. The van der Waals surface area contributed by atoms with Crippen molar-refractivity contribution in [1.29, 1.82) is 0 Å². The maximum Gasteiger partial charge on any atom is 0.172 e. The van der Waals surface area contributed by atoms with Crippen molar-refractivity contribution in [3.05, 3.63) is 47.5 Å². The van der Waals surface area contributed by atoms with Gasteiger partial charge < -0.3 is 24.4 Å². The predicted molar refractivity (Wildman–Crippen MR) is 83.2 cm³/mol. The van der Waals surface area contributed by atoms with Gasteiger partial charge in [-0.25, -0.2) is 0 Å². The van der Waals surface area contributed by atoms with E-state index in [0.29, 0.717) is 17.9 Å². The molecule has 0 aliphatic carbocycles. The first-order valence-electron chi connectivity index (χ1n) is 7.73. The van der Waals surface area contributed by atoms with Crippen LogP contribution in [0, 0.1) is 0 Å². The molecule has 2 heterocycles. The molecule has 5 heteroatoms. The van der Waals surface area contributed by atoms with E-state index in [9.17, 15) is 10.2 Å². The fourth-order valence-electron chi connectivity index (χ4n) is 2.68. The molecule has 0 bridgehead atoms. The second kappa shape index (κ2) is 5.76. The van der Waals surface area contributed by atoms with Gasteiger partial charge in [-0.1, -0.05) is 18.2 Å². The van der Waals surface area contributed by atoms with E-state index in [1.807, 2.05) is 6.07 Å². The zero-order valence-electron chi connectivity index (χ0n) is 12.6. The second-order valence-electron chi connectivity index (χ2n) is 5.94. The molecule has 2 aliphatic heterocycles. The number of hydrogen-bond acceptors (Lipinski definition) is 5. The Bertz CT molecular complexity index is 719. The summed E-state index contributed by atoms with van der Waals surface area (Å²) in [7, 11) is 0. The van der Waals surface area contributed by atoms with E-state index in [0.717, 1.165) is 30.8 Å². The third kappa shape index (κ3) is 3.25. The highest BCUT2D eigenvalue weighted by Gasteiger charge is 2.30. The van der Waals surface area contributed by atoms with Crippen molar-refractivity contribution < 1.29 is 24.4 Å². The molecule has 5 nitrogen and oxygen atoms in total. The Labute approximate surface area is 134 Å². The Morgan fingerprint density at radius 2 is 1.61 bits per heavy atom. The lowest BCUT2D eigenvalue weighted by atomic mass is 9.97. The number of aromatic hydroxyl groups is 2. The monoisotopic (exact) mass is 314 g/mol. The molecule has 0 spiro atoms. The molecule has 0 saturated carbocycles. The van der Waals surface area contributed by atoms with Crippen LogP contribution >= 0.6 is 0 Å². The van der Waals surface area contributed by atoms with Gasteiger partial charge in [0.1, 0.15) is 0 Å². The Hall–Kier alpha value is -2.24. The molecule has 4 rings (SSSR count). The zero-order chi connectivity index (χ0) is 15.8. The highest BCUT2D eigenvalue weighted by molar-refractivity contribution is 5.54. The minimum Gasteiger partial charge on any atom is -0.504 e. The number of phenols is 2. The molecule has 2 unspecified atom stereocenters. The number of rotatable bonds is 6. The topological polar surface area (TPSA) is 74.8 Å². The Kier molecular flexibility index (Phi) is 3.59. The first-order valence-corrected chi connectivity index (χ1v) is 7.73. The largest absolute Gasteiger partial charge is 0.504 e. The van der Waals surface area contributed by atoms with Gasteiger partial charge in [-0.15, -0.1) is 0 Å². The third-order valence-electron chi connectivity index (χ3n) is 4.10. The minimum atomic E-state index is 0.0384. The molecular formula is C18H18O5. The van der Waals surface area contributed by atoms with E-state index in [1.54, 1.807) is 30.3 Å². The van der Waals surface area contributed by atoms with Gasteiger partial charge in [0, 0.05) is 18.4 Å². The van der Waals surface area contributed by atoms with Crippen molar-refractivity contribution in [2.45, 2.75) is 25.0 Å². The molecule has 2 aromatic rings. The molecule has 2 saturated heterocycles. The fraction of sp³-hybridized carbons (Fsp3) is 0.333. The average molecular weight is 314 g/mol. The van der Waals surface area contributed by atoms with Crippen LogP contribution in [0.3, 0.4) is 0 Å². The highest BCUT2D eigenvalue weighted by Crippen LogP contribution is 2.41. The molecule has 2 aliphatic rings. The number of ether oxygens (including phenoxy) is 3. The summed E-state index contributed by atoms with van der Waals surface area (Å²) in [6, 6.07) is 10.3. The normalized spacial score (nSPS) is 21.9. The first-order chi connectivity index (χ1) is 11.2. The van der Waals surface area contributed by atoms with Gasteiger partial charge in [-0.3, -0.25) is 0 Å². The molecule has 2 aromatic carbocycles. The fourth-order valence-corrected chi connectivity index (χ4v) is 2.68. The van der Waals surface area contributed by atoms with Crippen LogP contribution in [0.2, 0.25) is 0 Å². The van der Waals surface area contributed by atoms with E-state index in [4.69, 9.17) is 14.2 Å². The molecule has 2 N–H and O–H groups in total. The van der Waals surface area contributed by atoms with Crippen molar-refractivity contribution >= 4 is 0 Å². The number of hydrogen-bond donors (Lipinski definition) is 2. The summed E-state index contributed by atoms with van der Waals surface area (Å²) in [5.41, 5.74) is 2.01. The van der Waals surface area contributed by atoms with Crippen molar-refractivity contribution in [3.63, 3.8) is 0 Å². The summed E-state index contributed by atoms with van der Waals surface area (Å²) in [5, 5.41) is 20.2. The lowest BCUT2D eigenvalue weighted by Crippen LogP contribution is -2.05. The molecule has 0 aromatic heterocycles. The van der Waals surface area contributed by atoms with Crippen LogP contribution in [0.25, 0.3) is 0 Å². The summed E-state index contributed by atoms with van der Waals surface area (Å²) in [6.07, 6.45) is 1.89. The van der Waals surface area contributed by atoms with Gasteiger partial charge in [-0.05, 0) is 23.8 Å². The van der Waals surface area contributed by atoms with Crippen molar-refractivity contribution in [2.75, 3.05) is 13.2 Å². The van der Waals surface area contributed by atoms with E-state index in [2.05, 4.69) is 0 Å². The number of para-hydroxylation sites is 2. The smallest absolute Gasteiger partial charge is 0.172 e. The Balaban J connectivity index is 1.71. The van der Waals surface area contributed by atoms with Gasteiger partial charge in [-0.2, -0.15) is 0 Å². The van der Waals surface area contributed by atoms with Crippen LogP contribution in [-0.2, 0) is 22.3 Å². The van der Waals surface area contributed by atoms with Crippen molar-refractivity contribution in [2.24, 2.45) is 0 Å². The predicted octanol–water partition coefficient (Wildman–Crippen LogP) is 2.77. The lowest BCUT2D eigenvalue weighted by molar-refractivity contribution is 0.373. The van der Waals surface area contributed by atoms with Crippen molar-refractivity contribution in [1.82, 2.24) is 0 Å². The number of epoxide rings is 2. The molecule has 0 amide bonds. The number of phenolic OH excluding ortho intramolecular Hbond substituents is 2. The maximum atomic E-state index is 10.3. The van der Waals surface area contributed by atoms with Gasteiger partial charge >= 0.3 is 0 Å². The van der Waals surface area contributed by atoms with Crippen LogP contribution < -0.4 is 4.74 Å². The standard InChI is InChI=1S/C18H18O5/c19-15-3-1-2-4-17(15)23-18-14(8-13-10-22-13)11(5-6-16(18)20)7-12-9-21-12/h1-6,12-13,19-20H,7-10H2.